The number of carbonyl (C=O) groups excluding carboxylic acids is 2. The summed E-state index contributed by atoms with van der Waals surface area (Å²) in [5.74, 6) is -0.521. The number of ether oxygens (including phenoxy) is 1. The standard InChI is InChI=1S/C20H21N5O3/c1-28-20(27)17-9-7-15(8-10-17)11-12-21-19(26)18(25-14-22-23-24-25)13-16-5-3-2-4-6-16/h2-10,14,18H,11-13H2,1H3,(H,21,26). The van der Waals surface area contributed by atoms with Gasteiger partial charge in [0.25, 0.3) is 0 Å². The van der Waals surface area contributed by atoms with Crippen LogP contribution in [0, 0.1) is 0 Å². The molecule has 0 bridgehead atoms. The molecule has 0 aliphatic heterocycles. The third-order valence-corrected chi connectivity index (χ3v) is 4.35. The van der Waals surface area contributed by atoms with Gasteiger partial charge in [-0.15, -0.1) is 5.10 Å². The molecule has 144 valence electrons. The van der Waals surface area contributed by atoms with E-state index in [4.69, 9.17) is 0 Å². The number of benzene rings is 2. The van der Waals surface area contributed by atoms with Crippen LogP contribution in [0.25, 0.3) is 0 Å². The van der Waals surface area contributed by atoms with Crippen LogP contribution in [0.3, 0.4) is 0 Å². The lowest BCUT2D eigenvalue weighted by Gasteiger charge is -2.16. The Kier molecular flexibility index (Phi) is 6.46. The number of nitrogens with zero attached hydrogens (tertiary/aromatic N) is 4. The van der Waals surface area contributed by atoms with Gasteiger partial charge in [0.1, 0.15) is 12.4 Å². The average Bonchev–Trinajstić information content (AvgIpc) is 3.27. The molecule has 8 heteroatoms. The van der Waals surface area contributed by atoms with E-state index < -0.39 is 6.04 Å². The van der Waals surface area contributed by atoms with E-state index >= 15 is 0 Å². The fourth-order valence-corrected chi connectivity index (χ4v) is 2.83. The van der Waals surface area contributed by atoms with Gasteiger partial charge >= 0.3 is 5.97 Å². The first kappa shape index (κ1) is 19.2. The Labute approximate surface area is 162 Å². The largest absolute Gasteiger partial charge is 0.465 e. The van der Waals surface area contributed by atoms with Gasteiger partial charge in [-0.2, -0.15) is 0 Å². The zero-order chi connectivity index (χ0) is 19.8. The second-order valence-electron chi connectivity index (χ2n) is 6.22. The highest BCUT2D eigenvalue weighted by Crippen LogP contribution is 2.13. The smallest absolute Gasteiger partial charge is 0.337 e. The molecule has 1 unspecified atom stereocenters. The van der Waals surface area contributed by atoms with Crippen molar-refractivity contribution in [2.24, 2.45) is 0 Å². The summed E-state index contributed by atoms with van der Waals surface area (Å²) in [5.41, 5.74) is 2.53. The van der Waals surface area contributed by atoms with Gasteiger partial charge < -0.3 is 10.1 Å². The van der Waals surface area contributed by atoms with Crippen molar-refractivity contribution in [3.8, 4) is 0 Å². The molecule has 0 aliphatic rings. The topological polar surface area (TPSA) is 99.0 Å². The number of hydrogen-bond donors (Lipinski definition) is 1. The molecule has 2 aromatic carbocycles. The van der Waals surface area contributed by atoms with E-state index in [1.807, 2.05) is 42.5 Å². The predicted octanol–water partition coefficient (Wildman–Crippen LogP) is 1.60. The molecule has 8 nitrogen and oxygen atoms in total. The van der Waals surface area contributed by atoms with E-state index in [0.717, 1.165) is 11.1 Å². The molecule has 0 saturated heterocycles. The number of hydrogen-bond acceptors (Lipinski definition) is 6. The maximum Gasteiger partial charge on any atom is 0.337 e. The molecule has 28 heavy (non-hydrogen) atoms. The molecule has 3 rings (SSSR count). The minimum absolute atomic E-state index is 0.151. The van der Waals surface area contributed by atoms with Crippen LogP contribution < -0.4 is 5.32 Å². The molecule has 1 atom stereocenters. The number of carbonyl (C=O) groups is 2. The molecule has 3 aromatic rings. The van der Waals surface area contributed by atoms with Gasteiger partial charge in [-0.05, 0) is 40.1 Å². The number of amides is 1. The predicted molar refractivity (Wildman–Crippen MR) is 101 cm³/mol. The number of methoxy groups -OCH3 is 1. The Bertz CT molecular complexity index is 895. The van der Waals surface area contributed by atoms with Crippen LogP contribution in [0.5, 0.6) is 0 Å². The number of tetrazole rings is 1. The number of nitrogens with one attached hydrogen (secondary N) is 1. The molecule has 1 aromatic heterocycles. The van der Waals surface area contributed by atoms with Crippen LogP contribution in [0.1, 0.15) is 27.5 Å². The molecule has 0 spiro atoms. The van der Waals surface area contributed by atoms with Crippen molar-refractivity contribution in [2.45, 2.75) is 18.9 Å². The van der Waals surface area contributed by atoms with Gasteiger partial charge in [-0.3, -0.25) is 4.79 Å². The van der Waals surface area contributed by atoms with Gasteiger partial charge in [0.05, 0.1) is 12.7 Å². The van der Waals surface area contributed by atoms with Crippen LogP contribution in [0.2, 0.25) is 0 Å². The van der Waals surface area contributed by atoms with Gasteiger partial charge in [0.2, 0.25) is 5.91 Å². The lowest BCUT2D eigenvalue weighted by Crippen LogP contribution is -2.35. The molecule has 1 N–H and O–H groups in total. The minimum Gasteiger partial charge on any atom is -0.465 e. The monoisotopic (exact) mass is 379 g/mol. The van der Waals surface area contributed by atoms with Crippen LogP contribution in [-0.2, 0) is 22.4 Å². The highest BCUT2D eigenvalue weighted by atomic mass is 16.5. The first-order chi connectivity index (χ1) is 13.7. The lowest BCUT2D eigenvalue weighted by atomic mass is 10.1. The Morgan fingerprint density at radius 1 is 1.07 bits per heavy atom. The van der Waals surface area contributed by atoms with Crippen molar-refractivity contribution >= 4 is 11.9 Å². The SMILES string of the molecule is COC(=O)c1ccc(CCNC(=O)C(Cc2ccccc2)n2cnnn2)cc1. The summed E-state index contributed by atoms with van der Waals surface area (Å²) < 4.78 is 6.15. The second kappa shape index (κ2) is 9.40. The summed E-state index contributed by atoms with van der Waals surface area (Å²) in [6, 6.07) is 16.3. The van der Waals surface area contributed by atoms with Crippen LogP contribution in [-0.4, -0.2) is 45.7 Å². The van der Waals surface area contributed by atoms with E-state index in [0.29, 0.717) is 24.9 Å². The average molecular weight is 379 g/mol. The van der Waals surface area contributed by atoms with E-state index in [-0.39, 0.29) is 11.9 Å². The Morgan fingerprint density at radius 3 is 2.46 bits per heavy atom. The number of aromatic nitrogens is 4. The maximum atomic E-state index is 12.7. The van der Waals surface area contributed by atoms with Crippen molar-refractivity contribution in [3.05, 3.63) is 77.6 Å². The highest BCUT2D eigenvalue weighted by Gasteiger charge is 2.21. The zero-order valence-electron chi connectivity index (χ0n) is 15.5. The van der Waals surface area contributed by atoms with Crippen molar-refractivity contribution in [1.29, 1.82) is 0 Å². The first-order valence-electron chi connectivity index (χ1n) is 8.88. The number of esters is 1. The van der Waals surface area contributed by atoms with Crippen molar-refractivity contribution < 1.29 is 14.3 Å². The van der Waals surface area contributed by atoms with E-state index in [1.54, 1.807) is 12.1 Å². The van der Waals surface area contributed by atoms with Gasteiger partial charge in [0.15, 0.2) is 0 Å². The Morgan fingerprint density at radius 2 is 1.82 bits per heavy atom. The fraction of sp³-hybridized carbons (Fsp3) is 0.250. The second-order valence-corrected chi connectivity index (χ2v) is 6.22. The molecule has 1 heterocycles. The molecular formula is C20H21N5O3. The van der Waals surface area contributed by atoms with Crippen LogP contribution >= 0.6 is 0 Å². The van der Waals surface area contributed by atoms with Gasteiger partial charge in [0, 0.05) is 13.0 Å². The summed E-state index contributed by atoms with van der Waals surface area (Å²) in [5, 5.41) is 14.1. The number of rotatable bonds is 8. The summed E-state index contributed by atoms with van der Waals surface area (Å²) in [6.07, 6.45) is 2.57. The van der Waals surface area contributed by atoms with Crippen LogP contribution in [0.15, 0.2) is 60.9 Å². The lowest BCUT2D eigenvalue weighted by molar-refractivity contribution is -0.124. The summed E-state index contributed by atoms with van der Waals surface area (Å²) in [4.78, 5) is 24.2. The van der Waals surface area contributed by atoms with E-state index in [1.165, 1.54) is 18.1 Å². The van der Waals surface area contributed by atoms with Crippen molar-refractivity contribution in [1.82, 2.24) is 25.5 Å². The quantitative estimate of drug-likeness (QED) is 0.597. The third kappa shape index (κ3) is 5.00. The van der Waals surface area contributed by atoms with Gasteiger partial charge in [-0.25, -0.2) is 9.48 Å². The maximum absolute atomic E-state index is 12.7. The molecule has 1 amide bonds. The van der Waals surface area contributed by atoms with E-state index in [2.05, 4.69) is 25.6 Å². The molecule has 0 saturated carbocycles. The minimum atomic E-state index is -0.529. The molecular weight excluding hydrogens is 358 g/mol. The van der Waals surface area contributed by atoms with Crippen LogP contribution in [0.4, 0.5) is 0 Å². The van der Waals surface area contributed by atoms with Crippen molar-refractivity contribution in [3.63, 3.8) is 0 Å². The normalized spacial score (nSPS) is 11.6. The first-order valence-corrected chi connectivity index (χ1v) is 8.88. The van der Waals surface area contributed by atoms with Crippen molar-refractivity contribution in [2.75, 3.05) is 13.7 Å². The Hall–Kier alpha value is -3.55. The third-order valence-electron chi connectivity index (χ3n) is 4.35. The summed E-state index contributed by atoms with van der Waals surface area (Å²) in [6.45, 7) is 0.462. The summed E-state index contributed by atoms with van der Waals surface area (Å²) in [7, 11) is 1.35. The Balaban J connectivity index is 1.58. The van der Waals surface area contributed by atoms with E-state index in [9.17, 15) is 9.59 Å². The van der Waals surface area contributed by atoms with Gasteiger partial charge in [-0.1, -0.05) is 42.5 Å². The highest BCUT2D eigenvalue weighted by molar-refractivity contribution is 5.89. The molecule has 0 aliphatic carbocycles. The molecule has 0 radical (unpaired) electrons. The zero-order valence-corrected chi connectivity index (χ0v) is 15.5. The summed E-state index contributed by atoms with van der Waals surface area (Å²) >= 11 is 0. The fourth-order valence-electron chi connectivity index (χ4n) is 2.83. The molecule has 0 fully saturated rings.